The van der Waals surface area contributed by atoms with Crippen LogP contribution in [-0.4, -0.2) is 44.6 Å². The number of aromatic amines is 1. The standard InChI is InChI=1S/C29H33N5O2/c1-2-3-14-28(35)34(19-9-20-36-22-24-10-5-4-6-11-24)21-23-15-17-25(18-16-23)26-12-7-8-13-27(26)29-30-32-33-31-29/h4-8,10-13,15-18H,2-3,9,14,19-22H2,1H3,(H,30,31,32,33). The van der Waals surface area contributed by atoms with Crippen LogP contribution in [0.2, 0.25) is 0 Å². The van der Waals surface area contributed by atoms with Crippen LogP contribution in [-0.2, 0) is 22.7 Å². The summed E-state index contributed by atoms with van der Waals surface area (Å²) in [4.78, 5) is 14.9. The average molecular weight is 484 g/mol. The van der Waals surface area contributed by atoms with Gasteiger partial charge < -0.3 is 9.64 Å². The van der Waals surface area contributed by atoms with Crippen LogP contribution >= 0.6 is 0 Å². The van der Waals surface area contributed by atoms with E-state index in [2.05, 4.69) is 70.0 Å². The molecule has 0 fully saturated rings. The van der Waals surface area contributed by atoms with E-state index < -0.39 is 0 Å². The minimum atomic E-state index is 0.201. The van der Waals surface area contributed by atoms with Crippen LogP contribution < -0.4 is 0 Å². The number of carbonyl (C=O) groups is 1. The number of hydrogen-bond acceptors (Lipinski definition) is 5. The van der Waals surface area contributed by atoms with Crippen molar-refractivity contribution in [2.24, 2.45) is 0 Å². The molecule has 1 aromatic heterocycles. The molecule has 186 valence electrons. The molecule has 36 heavy (non-hydrogen) atoms. The summed E-state index contributed by atoms with van der Waals surface area (Å²) in [6.45, 7) is 4.60. The first-order valence-electron chi connectivity index (χ1n) is 12.6. The normalized spacial score (nSPS) is 10.9. The molecule has 0 saturated carbocycles. The summed E-state index contributed by atoms with van der Waals surface area (Å²) in [7, 11) is 0. The second-order valence-corrected chi connectivity index (χ2v) is 8.80. The smallest absolute Gasteiger partial charge is 0.222 e. The Labute approximate surface area is 212 Å². The predicted molar refractivity (Wildman–Crippen MR) is 141 cm³/mol. The van der Waals surface area contributed by atoms with Gasteiger partial charge in [-0.3, -0.25) is 4.79 Å². The Morgan fingerprint density at radius 3 is 2.36 bits per heavy atom. The first-order valence-corrected chi connectivity index (χ1v) is 12.6. The lowest BCUT2D eigenvalue weighted by molar-refractivity contribution is -0.132. The quantitative estimate of drug-likeness (QED) is 0.248. The van der Waals surface area contributed by atoms with Crippen LogP contribution in [0.1, 0.15) is 43.7 Å². The maximum atomic E-state index is 12.9. The van der Waals surface area contributed by atoms with Gasteiger partial charge in [0.25, 0.3) is 0 Å². The van der Waals surface area contributed by atoms with Gasteiger partial charge in [-0.05, 0) is 45.5 Å². The zero-order valence-electron chi connectivity index (χ0n) is 20.8. The summed E-state index contributed by atoms with van der Waals surface area (Å²) < 4.78 is 5.83. The minimum Gasteiger partial charge on any atom is -0.377 e. The zero-order valence-corrected chi connectivity index (χ0v) is 20.8. The van der Waals surface area contributed by atoms with Gasteiger partial charge in [-0.2, -0.15) is 0 Å². The fourth-order valence-electron chi connectivity index (χ4n) is 4.12. The number of nitrogens with zero attached hydrogens (tertiary/aromatic N) is 4. The molecule has 1 heterocycles. The highest BCUT2D eigenvalue weighted by Gasteiger charge is 2.14. The van der Waals surface area contributed by atoms with Crippen molar-refractivity contribution >= 4 is 5.91 Å². The molecule has 0 aliphatic heterocycles. The van der Waals surface area contributed by atoms with Crippen molar-refractivity contribution in [2.45, 2.75) is 45.8 Å². The van der Waals surface area contributed by atoms with E-state index in [9.17, 15) is 4.79 Å². The van der Waals surface area contributed by atoms with E-state index in [1.54, 1.807) is 0 Å². The third-order valence-electron chi connectivity index (χ3n) is 6.09. The third kappa shape index (κ3) is 7.09. The molecule has 0 atom stereocenters. The van der Waals surface area contributed by atoms with E-state index in [4.69, 9.17) is 4.74 Å². The number of tetrazole rings is 1. The average Bonchev–Trinajstić information content (AvgIpc) is 3.47. The van der Waals surface area contributed by atoms with Crippen molar-refractivity contribution in [1.29, 1.82) is 0 Å². The maximum absolute atomic E-state index is 12.9. The van der Waals surface area contributed by atoms with Crippen LogP contribution in [0.25, 0.3) is 22.5 Å². The van der Waals surface area contributed by atoms with E-state index >= 15 is 0 Å². The first kappa shape index (κ1) is 25.3. The number of hydrogen-bond donors (Lipinski definition) is 1. The Kier molecular flexibility index (Phi) is 9.33. The molecule has 0 bridgehead atoms. The fourth-order valence-corrected chi connectivity index (χ4v) is 4.12. The Balaban J connectivity index is 1.38. The Bertz CT molecular complexity index is 1190. The molecule has 3 aromatic carbocycles. The van der Waals surface area contributed by atoms with Crippen LogP contribution in [0.3, 0.4) is 0 Å². The third-order valence-corrected chi connectivity index (χ3v) is 6.09. The lowest BCUT2D eigenvalue weighted by Gasteiger charge is -2.23. The van der Waals surface area contributed by atoms with Gasteiger partial charge in [-0.1, -0.05) is 92.2 Å². The monoisotopic (exact) mass is 483 g/mol. The summed E-state index contributed by atoms with van der Waals surface area (Å²) in [5.74, 6) is 0.837. The summed E-state index contributed by atoms with van der Waals surface area (Å²) in [5, 5.41) is 14.3. The summed E-state index contributed by atoms with van der Waals surface area (Å²) in [5.41, 5.74) is 5.34. The number of carbonyl (C=O) groups excluding carboxylic acids is 1. The van der Waals surface area contributed by atoms with Gasteiger partial charge >= 0.3 is 0 Å². The number of H-pyrrole nitrogens is 1. The largest absolute Gasteiger partial charge is 0.377 e. The van der Waals surface area contributed by atoms with Gasteiger partial charge in [0.1, 0.15) is 0 Å². The molecular formula is C29H33N5O2. The number of aromatic nitrogens is 4. The van der Waals surface area contributed by atoms with E-state index in [1.165, 1.54) is 0 Å². The molecule has 4 rings (SSSR count). The number of nitrogens with one attached hydrogen (secondary N) is 1. The minimum absolute atomic E-state index is 0.201. The first-order chi connectivity index (χ1) is 17.7. The highest BCUT2D eigenvalue weighted by Crippen LogP contribution is 2.29. The van der Waals surface area contributed by atoms with Crippen molar-refractivity contribution in [1.82, 2.24) is 25.5 Å². The van der Waals surface area contributed by atoms with Gasteiger partial charge in [0, 0.05) is 31.7 Å². The molecule has 0 aliphatic carbocycles. The Morgan fingerprint density at radius 2 is 1.64 bits per heavy atom. The molecule has 4 aromatic rings. The molecule has 0 spiro atoms. The molecule has 7 heteroatoms. The van der Waals surface area contributed by atoms with Crippen LogP contribution in [0.4, 0.5) is 0 Å². The number of benzene rings is 3. The highest BCUT2D eigenvalue weighted by molar-refractivity contribution is 5.80. The fraction of sp³-hybridized carbons (Fsp3) is 0.310. The molecule has 0 aliphatic rings. The summed E-state index contributed by atoms with van der Waals surface area (Å²) >= 11 is 0. The topological polar surface area (TPSA) is 84.0 Å². The van der Waals surface area contributed by atoms with E-state index in [1.807, 2.05) is 41.3 Å². The van der Waals surface area contributed by atoms with Gasteiger partial charge in [-0.25, -0.2) is 5.10 Å². The van der Waals surface area contributed by atoms with Crippen molar-refractivity contribution in [3.05, 3.63) is 90.0 Å². The molecular weight excluding hydrogens is 450 g/mol. The number of amides is 1. The van der Waals surface area contributed by atoms with E-state index in [0.29, 0.717) is 38.5 Å². The van der Waals surface area contributed by atoms with Crippen molar-refractivity contribution in [2.75, 3.05) is 13.2 Å². The second kappa shape index (κ2) is 13.3. The summed E-state index contributed by atoms with van der Waals surface area (Å²) in [6.07, 6.45) is 3.31. The molecule has 0 unspecified atom stereocenters. The number of unbranched alkanes of at least 4 members (excludes halogenated alkanes) is 1. The molecule has 7 nitrogen and oxygen atoms in total. The van der Waals surface area contributed by atoms with Crippen molar-refractivity contribution in [3.63, 3.8) is 0 Å². The van der Waals surface area contributed by atoms with Gasteiger partial charge in [0.05, 0.1) is 6.61 Å². The van der Waals surface area contributed by atoms with Crippen LogP contribution in [0.15, 0.2) is 78.9 Å². The van der Waals surface area contributed by atoms with Crippen molar-refractivity contribution in [3.8, 4) is 22.5 Å². The van der Waals surface area contributed by atoms with E-state index in [0.717, 1.165) is 47.1 Å². The van der Waals surface area contributed by atoms with E-state index in [-0.39, 0.29) is 5.91 Å². The van der Waals surface area contributed by atoms with Crippen LogP contribution in [0, 0.1) is 0 Å². The van der Waals surface area contributed by atoms with Gasteiger partial charge in [0.15, 0.2) is 5.82 Å². The van der Waals surface area contributed by atoms with Gasteiger partial charge in [-0.15, -0.1) is 5.10 Å². The summed E-state index contributed by atoms with van der Waals surface area (Å²) in [6, 6.07) is 26.6. The molecule has 0 saturated heterocycles. The lowest BCUT2D eigenvalue weighted by atomic mass is 9.98. The Morgan fingerprint density at radius 1 is 0.889 bits per heavy atom. The molecule has 0 radical (unpaired) electrons. The van der Waals surface area contributed by atoms with Crippen molar-refractivity contribution < 1.29 is 9.53 Å². The maximum Gasteiger partial charge on any atom is 0.222 e. The van der Waals surface area contributed by atoms with Gasteiger partial charge in [0.2, 0.25) is 5.91 Å². The number of rotatable bonds is 13. The SMILES string of the molecule is CCCCC(=O)N(CCCOCc1ccccc1)Cc1ccc(-c2ccccc2-c2nnn[nH]2)cc1. The lowest BCUT2D eigenvalue weighted by Crippen LogP contribution is -2.32. The molecule has 1 amide bonds. The number of ether oxygens (including phenoxy) is 1. The van der Waals surface area contributed by atoms with Crippen LogP contribution in [0.5, 0.6) is 0 Å². The second-order valence-electron chi connectivity index (χ2n) is 8.80. The predicted octanol–water partition coefficient (Wildman–Crippen LogP) is 5.66. The Hall–Kier alpha value is -3.84. The molecule has 1 N–H and O–H groups in total. The highest BCUT2D eigenvalue weighted by atomic mass is 16.5. The zero-order chi connectivity index (χ0) is 25.0.